The minimum absolute atomic E-state index is 0.0757. The van der Waals surface area contributed by atoms with Crippen LogP contribution in [-0.2, 0) is 13.8 Å². The van der Waals surface area contributed by atoms with Gasteiger partial charge in [0.05, 0.1) is 31.3 Å². The molecule has 1 aliphatic heterocycles. The van der Waals surface area contributed by atoms with E-state index < -0.39 is 26.4 Å². The van der Waals surface area contributed by atoms with Crippen LogP contribution in [0.4, 0.5) is 4.39 Å². The van der Waals surface area contributed by atoms with E-state index in [0.29, 0.717) is 0 Å². The van der Waals surface area contributed by atoms with Crippen molar-refractivity contribution in [1.82, 2.24) is 4.67 Å². The molecule has 0 bridgehead atoms. The molecule has 1 rings (SSSR count). The summed E-state index contributed by atoms with van der Waals surface area (Å²) in [7, 11) is -1.50. The maximum absolute atomic E-state index is 14.9. The minimum atomic E-state index is -1.50. The van der Waals surface area contributed by atoms with E-state index in [2.05, 4.69) is 24.6 Å². The third kappa shape index (κ3) is 6.20. The molecule has 0 radical (unpaired) electrons. The van der Waals surface area contributed by atoms with Gasteiger partial charge in [0.1, 0.15) is 12.3 Å². The van der Waals surface area contributed by atoms with Crippen molar-refractivity contribution >= 4 is 8.53 Å². The second-order valence-electron chi connectivity index (χ2n) is 6.50. The molecule has 0 aromatic rings. The smallest absolute Gasteiger partial charge is 0.259 e. The number of hydrogen-bond donors (Lipinski definition) is 0. The largest absolute Gasteiger partial charge is 0.372 e. The topological polar surface area (TPSA) is 54.7 Å². The molecule has 5 atom stereocenters. The van der Waals surface area contributed by atoms with Gasteiger partial charge in [0, 0.05) is 20.4 Å². The SMILES string of the molecule is [2H]C[C@@]1(C)OC[C@@H](C)[C@H](F)[C@@H]1OP(OCCC#N)N(CCC)CCC. The Kier molecular flexibility index (Phi) is 8.86. The standard InChI is InChI=1S/C17H32FN2O3P/c1-6-10-20(11-7-2)24(22-12-8-9-19)23-16-15(18)14(3)13-21-17(16,4)5/h14-16H,6-8,10-13H2,1-5H3/t14-,15+,16+,24?/m1/s1/i4D/t14-,15+,16+,17+,24?. The van der Waals surface area contributed by atoms with E-state index >= 15 is 0 Å². The second-order valence-corrected chi connectivity index (χ2v) is 8.01. The fraction of sp³-hybridized carbons (Fsp3) is 0.941. The number of rotatable bonds is 10. The molecule has 0 aromatic carbocycles. The van der Waals surface area contributed by atoms with Crippen molar-refractivity contribution in [2.45, 2.75) is 71.7 Å². The van der Waals surface area contributed by atoms with Crippen LogP contribution >= 0.6 is 8.53 Å². The number of halogens is 1. The fourth-order valence-corrected chi connectivity index (χ4v) is 4.40. The summed E-state index contributed by atoms with van der Waals surface area (Å²) >= 11 is 0. The van der Waals surface area contributed by atoms with Crippen molar-refractivity contribution in [3.05, 3.63) is 0 Å². The Morgan fingerprint density at radius 3 is 2.67 bits per heavy atom. The van der Waals surface area contributed by atoms with Crippen LogP contribution in [0, 0.1) is 17.2 Å². The summed E-state index contributed by atoms with van der Waals surface area (Å²) in [4.78, 5) is 0. The highest BCUT2D eigenvalue weighted by molar-refractivity contribution is 7.44. The Balaban J connectivity index is 2.96. The molecule has 5 nitrogen and oxygen atoms in total. The highest BCUT2D eigenvalue weighted by Crippen LogP contribution is 2.48. The van der Waals surface area contributed by atoms with Gasteiger partial charge in [0.15, 0.2) is 0 Å². The van der Waals surface area contributed by atoms with Gasteiger partial charge in [-0.3, -0.25) is 0 Å². The normalized spacial score (nSPS) is 32.4. The summed E-state index contributed by atoms with van der Waals surface area (Å²) in [5, 5.41) is 8.76. The number of alkyl halides is 1. The molecule has 0 amide bonds. The zero-order valence-electron chi connectivity index (χ0n) is 16.3. The first-order valence-corrected chi connectivity index (χ1v) is 9.85. The minimum Gasteiger partial charge on any atom is -0.372 e. The molecule has 0 N–H and O–H groups in total. The van der Waals surface area contributed by atoms with Crippen LogP contribution in [0.3, 0.4) is 0 Å². The average molecular weight is 363 g/mol. The number of hydrogen-bond acceptors (Lipinski definition) is 5. The summed E-state index contributed by atoms with van der Waals surface area (Å²) in [6.07, 6.45) is 0.0596. The summed E-state index contributed by atoms with van der Waals surface area (Å²) in [6.45, 7) is 9.70. The van der Waals surface area contributed by atoms with Gasteiger partial charge in [0.25, 0.3) is 8.53 Å². The predicted molar refractivity (Wildman–Crippen MR) is 94.2 cm³/mol. The van der Waals surface area contributed by atoms with E-state index in [-0.39, 0.29) is 32.5 Å². The lowest BCUT2D eigenvalue weighted by molar-refractivity contribution is -0.175. The van der Waals surface area contributed by atoms with Crippen molar-refractivity contribution in [2.24, 2.45) is 5.92 Å². The van der Waals surface area contributed by atoms with E-state index in [1.54, 1.807) is 13.8 Å². The van der Waals surface area contributed by atoms with Crippen molar-refractivity contribution in [3.63, 3.8) is 0 Å². The van der Waals surface area contributed by atoms with Crippen molar-refractivity contribution in [1.29, 1.82) is 5.26 Å². The van der Waals surface area contributed by atoms with Crippen LogP contribution in [0.2, 0.25) is 0 Å². The Morgan fingerprint density at radius 1 is 1.46 bits per heavy atom. The van der Waals surface area contributed by atoms with Crippen molar-refractivity contribution < 1.29 is 19.5 Å². The van der Waals surface area contributed by atoms with Crippen LogP contribution in [0.5, 0.6) is 0 Å². The van der Waals surface area contributed by atoms with Gasteiger partial charge in [-0.25, -0.2) is 9.06 Å². The molecular weight excluding hydrogens is 330 g/mol. The van der Waals surface area contributed by atoms with Gasteiger partial charge in [-0.05, 0) is 26.7 Å². The predicted octanol–water partition coefficient (Wildman–Crippen LogP) is 4.43. The number of ether oxygens (including phenoxy) is 1. The van der Waals surface area contributed by atoms with Gasteiger partial charge in [-0.1, -0.05) is 20.8 Å². The van der Waals surface area contributed by atoms with E-state index in [1.165, 1.54) is 0 Å². The molecule has 0 saturated carbocycles. The number of nitriles is 1. The lowest BCUT2D eigenvalue weighted by Crippen LogP contribution is -2.54. The van der Waals surface area contributed by atoms with Crippen LogP contribution in [0.15, 0.2) is 0 Å². The summed E-state index contributed by atoms with van der Waals surface area (Å²) < 4.78 is 42.5. The maximum Gasteiger partial charge on any atom is 0.259 e. The highest BCUT2D eigenvalue weighted by Gasteiger charge is 2.47. The molecule has 1 heterocycles. The number of nitrogens with zero attached hydrogens (tertiary/aromatic N) is 2. The van der Waals surface area contributed by atoms with Gasteiger partial charge >= 0.3 is 0 Å². The Hall–Kier alpha value is -0.310. The van der Waals surface area contributed by atoms with Crippen LogP contribution in [-0.4, -0.2) is 48.9 Å². The third-order valence-electron chi connectivity index (χ3n) is 3.92. The van der Waals surface area contributed by atoms with Gasteiger partial charge < -0.3 is 13.8 Å². The molecular formula is C17H32FN2O3P. The first-order chi connectivity index (χ1) is 11.9. The summed E-state index contributed by atoms with van der Waals surface area (Å²) in [5.74, 6) is -0.286. The quantitative estimate of drug-likeness (QED) is 0.424. The van der Waals surface area contributed by atoms with Gasteiger partial charge in [-0.2, -0.15) is 5.26 Å². The van der Waals surface area contributed by atoms with Crippen LogP contribution < -0.4 is 0 Å². The molecule has 1 aliphatic rings. The van der Waals surface area contributed by atoms with Crippen molar-refractivity contribution in [3.8, 4) is 6.07 Å². The third-order valence-corrected chi connectivity index (χ3v) is 5.60. The van der Waals surface area contributed by atoms with Gasteiger partial charge in [-0.15, -0.1) is 0 Å². The molecule has 0 aromatic heterocycles. The monoisotopic (exact) mass is 363 g/mol. The zero-order valence-corrected chi connectivity index (χ0v) is 16.2. The molecule has 7 heteroatoms. The zero-order chi connectivity index (χ0) is 18.9. The lowest BCUT2D eigenvalue weighted by Gasteiger charge is -2.45. The van der Waals surface area contributed by atoms with Crippen LogP contribution in [0.1, 0.15) is 55.2 Å². The average Bonchev–Trinajstić information content (AvgIpc) is 2.60. The van der Waals surface area contributed by atoms with Gasteiger partial charge in [0.2, 0.25) is 0 Å². The Morgan fingerprint density at radius 2 is 2.12 bits per heavy atom. The second kappa shape index (κ2) is 10.6. The molecule has 0 aliphatic carbocycles. The molecule has 0 spiro atoms. The maximum atomic E-state index is 14.9. The molecule has 24 heavy (non-hydrogen) atoms. The molecule has 1 saturated heterocycles. The lowest BCUT2D eigenvalue weighted by atomic mass is 9.88. The van der Waals surface area contributed by atoms with E-state index in [0.717, 1.165) is 25.9 Å². The van der Waals surface area contributed by atoms with E-state index in [1.807, 2.05) is 0 Å². The first-order valence-electron chi connectivity index (χ1n) is 9.43. The summed E-state index contributed by atoms with van der Waals surface area (Å²) in [5.41, 5.74) is -0.991. The Labute approximate surface area is 148 Å². The fourth-order valence-electron chi connectivity index (χ4n) is 2.54. The van der Waals surface area contributed by atoms with Crippen LogP contribution in [0.25, 0.3) is 0 Å². The molecule has 1 fully saturated rings. The highest BCUT2D eigenvalue weighted by atomic mass is 31.2. The molecule has 1 unspecified atom stereocenters. The molecule has 140 valence electrons. The Bertz CT molecular complexity index is 423. The van der Waals surface area contributed by atoms with E-state index in [4.69, 9.17) is 20.4 Å². The van der Waals surface area contributed by atoms with Crippen molar-refractivity contribution in [2.75, 3.05) is 26.3 Å². The first kappa shape index (κ1) is 20.0. The summed E-state index contributed by atoms with van der Waals surface area (Å²) in [6, 6.07) is 2.06. The van der Waals surface area contributed by atoms with E-state index in [9.17, 15) is 4.39 Å².